The fourth-order valence-corrected chi connectivity index (χ4v) is 4.23. The number of piperidine rings is 1. The van der Waals surface area contributed by atoms with Crippen molar-refractivity contribution in [1.29, 1.82) is 0 Å². The van der Waals surface area contributed by atoms with E-state index in [1.54, 1.807) is 0 Å². The van der Waals surface area contributed by atoms with Crippen LogP contribution in [0.5, 0.6) is 5.75 Å². The van der Waals surface area contributed by atoms with Crippen LogP contribution in [0.3, 0.4) is 0 Å². The first-order valence-corrected chi connectivity index (χ1v) is 13.8. The van der Waals surface area contributed by atoms with Crippen LogP contribution >= 0.6 is 0 Å². The molecule has 2 atom stereocenters. The third kappa shape index (κ3) is 12.0. The molecule has 6 heteroatoms. The van der Waals surface area contributed by atoms with Gasteiger partial charge in [0.1, 0.15) is 11.4 Å². The molecular formula is C33H43NO5. The van der Waals surface area contributed by atoms with Crippen molar-refractivity contribution in [3.8, 4) is 5.75 Å². The van der Waals surface area contributed by atoms with Crippen molar-refractivity contribution in [3.63, 3.8) is 0 Å². The van der Waals surface area contributed by atoms with Crippen molar-refractivity contribution in [2.75, 3.05) is 26.3 Å². The second-order valence-corrected chi connectivity index (χ2v) is 10.6. The third-order valence-electron chi connectivity index (χ3n) is 6.26. The Morgan fingerprint density at radius 3 is 2.08 bits per heavy atom. The van der Waals surface area contributed by atoms with Gasteiger partial charge in [0, 0.05) is 18.9 Å². The van der Waals surface area contributed by atoms with E-state index in [-0.39, 0.29) is 11.7 Å². The Morgan fingerprint density at radius 1 is 0.846 bits per heavy atom. The summed E-state index contributed by atoms with van der Waals surface area (Å²) in [5, 5.41) is 3.48. The van der Waals surface area contributed by atoms with Gasteiger partial charge in [-0.25, -0.2) is 0 Å². The number of ether oxygens (including phenoxy) is 4. The van der Waals surface area contributed by atoms with E-state index in [0.717, 1.165) is 31.7 Å². The zero-order valence-electron chi connectivity index (χ0n) is 23.5. The highest BCUT2D eigenvalue weighted by molar-refractivity contribution is 5.37. The second kappa shape index (κ2) is 16.7. The van der Waals surface area contributed by atoms with Gasteiger partial charge >= 0.3 is 0 Å². The molecule has 1 aliphatic heterocycles. The molecule has 3 aromatic carbocycles. The Kier molecular flexibility index (Phi) is 13.0. The monoisotopic (exact) mass is 533 g/mol. The number of benzene rings is 3. The van der Waals surface area contributed by atoms with Gasteiger partial charge in [0.25, 0.3) is 6.47 Å². The summed E-state index contributed by atoms with van der Waals surface area (Å²) in [6.07, 6.45) is 2.13. The van der Waals surface area contributed by atoms with Gasteiger partial charge < -0.3 is 24.3 Å². The highest BCUT2D eigenvalue weighted by Gasteiger charge is 2.27. The average Bonchev–Trinajstić information content (AvgIpc) is 2.95. The maximum Gasteiger partial charge on any atom is 0.293 e. The first-order valence-electron chi connectivity index (χ1n) is 13.8. The first kappa shape index (κ1) is 30.4. The molecule has 0 spiro atoms. The molecule has 1 saturated heterocycles. The summed E-state index contributed by atoms with van der Waals surface area (Å²) in [4.78, 5) is 9.60. The number of rotatable bonds is 12. The van der Waals surface area contributed by atoms with E-state index in [9.17, 15) is 4.79 Å². The van der Waals surface area contributed by atoms with Crippen molar-refractivity contribution in [3.05, 3.63) is 102 Å². The molecule has 210 valence electrons. The van der Waals surface area contributed by atoms with Crippen LogP contribution in [0.1, 0.15) is 56.2 Å². The highest BCUT2D eigenvalue weighted by atomic mass is 16.5. The minimum absolute atomic E-state index is 0.178. The topological polar surface area (TPSA) is 66.0 Å². The lowest BCUT2D eigenvalue weighted by Gasteiger charge is -2.32. The van der Waals surface area contributed by atoms with Gasteiger partial charge in [-0.15, -0.1) is 0 Å². The third-order valence-corrected chi connectivity index (χ3v) is 6.26. The quantitative estimate of drug-likeness (QED) is 0.218. The molecule has 0 saturated carbocycles. The summed E-state index contributed by atoms with van der Waals surface area (Å²) in [7, 11) is 0. The van der Waals surface area contributed by atoms with Crippen molar-refractivity contribution in [2.24, 2.45) is 0 Å². The Hall–Kier alpha value is -3.19. The standard InChI is InChI=1S/C28H33NO3.C5H10O2/c1-3-8-23(9-4-1)21-30-18-7-19-31-26-14-12-25(13-15-26)27-16-17-29-20-28(27)32-22-24-10-5-2-6-11-24;1-5(2,3)7-4-6/h1-6,8-15,27-29H,7,16-22H2;4H,1-3H3. The molecule has 1 heterocycles. The van der Waals surface area contributed by atoms with Crippen LogP contribution in [-0.2, 0) is 32.2 Å². The van der Waals surface area contributed by atoms with Gasteiger partial charge in [-0.2, -0.15) is 0 Å². The van der Waals surface area contributed by atoms with E-state index in [0.29, 0.717) is 38.8 Å². The van der Waals surface area contributed by atoms with Gasteiger partial charge in [-0.3, -0.25) is 4.79 Å². The number of nitrogens with one attached hydrogen (secondary N) is 1. The van der Waals surface area contributed by atoms with Crippen molar-refractivity contribution < 1.29 is 23.7 Å². The summed E-state index contributed by atoms with van der Waals surface area (Å²) in [6.45, 7) is 10.5. The fraction of sp³-hybridized carbons (Fsp3) is 0.424. The van der Waals surface area contributed by atoms with E-state index in [1.165, 1.54) is 16.7 Å². The van der Waals surface area contributed by atoms with Crippen LogP contribution in [0, 0.1) is 0 Å². The maximum atomic E-state index is 9.60. The smallest absolute Gasteiger partial charge is 0.293 e. The first-order chi connectivity index (χ1) is 18.9. The van der Waals surface area contributed by atoms with E-state index < -0.39 is 0 Å². The molecule has 4 rings (SSSR count). The minimum atomic E-state index is -0.318. The van der Waals surface area contributed by atoms with Crippen LogP contribution < -0.4 is 10.1 Å². The summed E-state index contributed by atoms with van der Waals surface area (Å²) in [5.74, 6) is 1.31. The van der Waals surface area contributed by atoms with Crippen molar-refractivity contribution in [2.45, 2.75) is 64.4 Å². The van der Waals surface area contributed by atoms with Crippen LogP contribution in [-0.4, -0.2) is 44.5 Å². The van der Waals surface area contributed by atoms with Crippen LogP contribution in [0.2, 0.25) is 0 Å². The lowest BCUT2D eigenvalue weighted by Crippen LogP contribution is -2.40. The lowest BCUT2D eigenvalue weighted by molar-refractivity contribution is -0.138. The van der Waals surface area contributed by atoms with Crippen LogP contribution in [0.15, 0.2) is 84.9 Å². The molecule has 1 aliphatic rings. The van der Waals surface area contributed by atoms with Gasteiger partial charge in [-0.05, 0) is 62.6 Å². The summed E-state index contributed by atoms with van der Waals surface area (Å²) >= 11 is 0. The van der Waals surface area contributed by atoms with Gasteiger partial charge in [-0.1, -0.05) is 72.8 Å². The summed E-state index contributed by atoms with van der Waals surface area (Å²) in [6, 6.07) is 29.2. The van der Waals surface area contributed by atoms with Crippen molar-refractivity contribution >= 4 is 6.47 Å². The molecule has 1 N–H and O–H groups in total. The molecular weight excluding hydrogens is 490 g/mol. The molecule has 0 amide bonds. The molecule has 0 radical (unpaired) electrons. The normalized spacial score (nSPS) is 17.0. The molecule has 0 aliphatic carbocycles. The van der Waals surface area contributed by atoms with E-state index in [4.69, 9.17) is 14.2 Å². The SMILES string of the molecule is CC(C)(C)OC=O.c1ccc(COCCCOc2ccc(C3CCNCC3OCc3ccccc3)cc2)cc1. The Labute approximate surface area is 233 Å². The van der Waals surface area contributed by atoms with E-state index in [2.05, 4.69) is 70.7 Å². The average molecular weight is 534 g/mol. The molecule has 3 aromatic rings. The fourth-order valence-electron chi connectivity index (χ4n) is 4.23. The lowest BCUT2D eigenvalue weighted by atomic mass is 9.87. The molecule has 1 fully saturated rings. The maximum absolute atomic E-state index is 9.60. The predicted molar refractivity (Wildman–Crippen MR) is 155 cm³/mol. The van der Waals surface area contributed by atoms with E-state index in [1.807, 2.05) is 45.0 Å². The Bertz CT molecular complexity index is 1050. The molecule has 39 heavy (non-hydrogen) atoms. The van der Waals surface area contributed by atoms with Crippen LogP contribution in [0.4, 0.5) is 0 Å². The number of carbonyl (C=O) groups is 1. The molecule has 0 bridgehead atoms. The zero-order chi connectivity index (χ0) is 27.8. The van der Waals surface area contributed by atoms with Gasteiger partial charge in [0.2, 0.25) is 0 Å². The predicted octanol–water partition coefficient (Wildman–Crippen LogP) is 6.29. The molecule has 6 nitrogen and oxygen atoms in total. The van der Waals surface area contributed by atoms with Crippen LogP contribution in [0.25, 0.3) is 0 Å². The Balaban J connectivity index is 0.000000532. The minimum Gasteiger partial charge on any atom is -0.494 e. The molecule has 0 aromatic heterocycles. The summed E-state index contributed by atoms with van der Waals surface area (Å²) in [5.41, 5.74) is 3.42. The van der Waals surface area contributed by atoms with Gasteiger partial charge in [0.15, 0.2) is 0 Å². The zero-order valence-corrected chi connectivity index (χ0v) is 23.5. The number of carbonyl (C=O) groups excluding carboxylic acids is 1. The number of hydrogen-bond acceptors (Lipinski definition) is 6. The van der Waals surface area contributed by atoms with E-state index >= 15 is 0 Å². The highest BCUT2D eigenvalue weighted by Crippen LogP contribution is 2.29. The molecule has 2 unspecified atom stereocenters. The summed E-state index contributed by atoms with van der Waals surface area (Å²) < 4.78 is 22.5. The second-order valence-electron chi connectivity index (χ2n) is 10.6. The largest absolute Gasteiger partial charge is 0.494 e. The van der Waals surface area contributed by atoms with Gasteiger partial charge in [0.05, 0.1) is 32.5 Å². The number of hydrogen-bond donors (Lipinski definition) is 1. The Morgan fingerprint density at radius 2 is 1.49 bits per heavy atom. The van der Waals surface area contributed by atoms with Crippen molar-refractivity contribution in [1.82, 2.24) is 5.32 Å².